The molecule has 1 nitrogen and oxygen atoms in total. The largest absolute Gasteiger partial charge is 1.00 e. The van der Waals surface area contributed by atoms with Crippen molar-refractivity contribution in [1.82, 2.24) is 4.90 Å². The first kappa shape index (κ1) is 15.8. The van der Waals surface area contributed by atoms with Gasteiger partial charge in [-0.15, -0.1) is 0 Å². The van der Waals surface area contributed by atoms with Gasteiger partial charge in [0.2, 0.25) is 0 Å². The minimum absolute atomic E-state index is 0. The predicted octanol–water partition coefficient (Wildman–Crippen LogP) is -0.797. The van der Waals surface area contributed by atoms with E-state index in [0.717, 1.165) is 0 Å². The monoisotopic (exact) mass is 251 g/mol. The Labute approximate surface area is 130 Å². The van der Waals surface area contributed by atoms with Crippen molar-refractivity contribution in [2.24, 2.45) is 0 Å². The molecular formula is C7H14BF3KNS. The first-order valence-corrected chi connectivity index (χ1v) is 5.40. The average Bonchev–Trinajstić information content (AvgIpc) is 1.78. The van der Waals surface area contributed by atoms with Gasteiger partial charge in [0.1, 0.15) is 0 Å². The third-order valence-corrected chi connectivity index (χ3v) is 3.19. The Bertz CT molecular complexity index is 171. The van der Waals surface area contributed by atoms with Gasteiger partial charge in [-0.1, -0.05) is 13.8 Å². The molecule has 14 heavy (non-hydrogen) atoms. The van der Waals surface area contributed by atoms with Crippen LogP contribution < -0.4 is 51.4 Å². The summed E-state index contributed by atoms with van der Waals surface area (Å²) < 4.78 is 36.3. The van der Waals surface area contributed by atoms with Crippen LogP contribution >= 0.6 is 11.8 Å². The molecule has 1 heterocycles. The SMILES string of the molecule is CC1CN(C[B-](F)(F)F)CC(C)S1.[K+]. The molecule has 1 saturated heterocycles. The van der Waals surface area contributed by atoms with Gasteiger partial charge in [0.05, 0.1) is 0 Å². The van der Waals surface area contributed by atoms with Crippen LogP contribution in [0.1, 0.15) is 13.8 Å². The minimum atomic E-state index is -4.65. The molecule has 2 unspecified atom stereocenters. The third-order valence-electron chi connectivity index (χ3n) is 1.96. The normalized spacial score (nSPS) is 29.8. The van der Waals surface area contributed by atoms with Crippen molar-refractivity contribution in [2.75, 3.05) is 19.5 Å². The van der Waals surface area contributed by atoms with Crippen molar-refractivity contribution in [3.63, 3.8) is 0 Å². The molecule has 0 saturated carbocycles. The quantitative estimate of drug-likeness (QED) is 0.591. The van der Waals surface area contributed by atoms with Crippen LogP contribution in [0.5, 0.6) is 0 Å². The Balaban J connectivity index is 0.00000169. The van der Waals surface area contributed by atoms with Gasteiger partial charge in [0.15, 0.2) is 0 Å². The Morgan fingerprint density at radius 2 is 1.64 bits per heavy atom. The Kier molecular flexibility index (Phi) is 7.35. The molecular weight excluding hydrogens is 237 g/mol. The standard InChI is InChI=1S/C7H14BF3NS.K/c1-6-3-12(4-7(2)13-6)5-8(9,10)11;/h6-7H,3-5H2,1-2H3;/q-1;+1. The molecule has 0 aromatic carbocycles. The van der Waals surface area contributed by atoms with Crippen LogP contribution in [-0.2, 0) is 0 Å². The van der Waals surface area contributed by atoms with Crippen LogP contribution in [0.4, 0.5) is 12.9 Å². The summed E-state index contributed by atoms with van der Waals surface area (Å²) in [6.07, 6.45) is -0.699. The van der Waals surface area contributed by atoms with Gasteiger partial charge in [0, 0.05) is 23.6 Å². The van der Waals surface area contributed by atoms with Gasteiger partial charge in [-0.05, 0) is 6.44 Å². The van der Waals surface area contributed by atoms with Crippen LogP contribution in [0, 0.1) is 0 Å². The maximum Gasteiger partial charge on any atom is 1.00 e. The van der Waals surface area contributed by atoms with Crippen LogP contribution in [0.2, 0.25) is 0 Å². The fraction of sp³-hybridized carbons (Fsp3) is 1.00. The summed E-state index contributed by atoms with van der Waals surface area (Å²) in [6, 6.07) is 0. The molecule has 1 aliphatic rings. The molecule has 0 aromatic rings. The summed E-state index contributed by atoms with van der Waals surface area (Å²) in [6.45, 7) is 0.443. The zero-order valence-corrected chi connectivity index (χ0v) is 12.8. The zero-order chi connectivity index (χ0) is 10.1. The Morgan fingerprint density at radius 3 is 2.00 bits per heavy atom. The smallest absolute Gasteiger partial charge is 0.448 e. The van der Waals surface area contributed by atoms with E-state index in [9.17, 15) is 12.9 Å². The first-order valence-electron chi connectivity index (χ1n) is 4.45. The molecule has 0 aliphatic carbocycles. The summed E-state index contributed by atoms with van der Waals surface area (Å²) in [5, 5.41) is 0.642. The third kappa shape index (κ3) is 6.40. The average molecular weight is 251 g/mol. The molecule has 0 bridgehead atoms. The van der Waals surface area contributed by atoms with Crippen molar-refractivity contribution >= 4 is 18.7 Å². The first-order chi connectivity index (χ1) is 5.87. The summed E-state index contributed by atoms with van der Waals surface area (Å²) >= 11 is 1.77. The molecule has 0 N–H and O–H groups in total. The van der Waals surface area contributed by atoms with Gasteiger partial charge >= 0.3 is 58.4 Å². The maximum atomic E-state index is 12.1. The number of nitrogens with zero attached hydrogens (tertiary/aromatic N) is 1. The van der Waals surface area contributed by atoms with Crippen LogP contribution in [0.25, 0.3) is 0 Å². The van der Waals surface area contributed by atoms with Crippen molar-refractivity contribution in [3.05, 3.63) is 0 Å². The van der Waals surface area contributed by atoms with E-state index in [1.54, 1.807) is 11.8 Å². The molecule has 7 heteroatoms. The fourth-order valence-corrected chi connectivity index (χ4v) is 3.11. The Hall–Kier alpha value is 1.80. The van der Waals surface area contributed by atoms with E-state index in [1.807, 2.05) is 13.8 Å². The van der Waals surface area contributed by atoms with Gasteiger partial charge in [0.25, 0.3) is 0 Å². The van der Waals surface area contributed by atoms with Gasteiger partial charge < -0.3 is 17.8 Å². The van der Waals surface area contributed by atoms with E-state index in [-0.39, 0.29) is 51.4 Å². The second-order valence-electron chi connectivity index (χ2n) is 3.69. The number of hydrogen-bond acceptors (Lipinski definition) is 2. The maximum absolute atomic E-state index is 12.1. The van der Waals surface area contributed by atoms with Gasteiger partial charge in [-0.2, -0.15) is 11.8 Å². The molecule has 1 fully saturated rings. The summed E-state index contributed by atoms with van der Waals surface area (Å²) in [5.41, 5.74) is 0. The van der Waals surface area contributed by atoms with E-state index >= 15 is 0 Å². The summed E-state index contributed by atoms with van der Waals surface area (Å²) in [7, 11) is 0. The molecule has 78 valence electrons. The van der Waals surface area contributed by atoms with E-state index in [4.69, 9.17) is 0 Å². The number of rotatable bonds is 2. The second-order valence-corrected chi connectivity index (χ2v) is 5.57. The Morgan fingerprint density at radius 1 is 1.21 bits per heavy atom. The number of halogens is 3. The number of hydrogen-bond donors (Lipinski definition) is 0. The van der Waals surface area contributed by atoms with Crippen LogP contribution in [0.3, 0.4) is 0 Å². The van der Waals surface area contributed by atoms with Crippen molar-refractivity contribution in [1.29, 1.82) is 0 Å². The molecule has 2 atom stereocenters. The molecule has 0 radical (unpaired) electrons. The van der Waals surface area contributed by atoms with Gasteiger partial charge in [-0.3, -0.25) is 0 Å². The van der Waals surface area contributed by atoms with E-state index in [1.165, 1.54) is 4.90 Å². The van der Waals surface area contributed by atoms with Gasteiger partial charge in [-0.25, -0.2) is 0 Å². The van der Waals surface area contributed by atoms with E-state index < -0.39 is 13.4 Å². The van der Waals surface area contributed by atoms with E-state index in [2.05, 4.69) is 0 Å². The summed E-state index contributed by atoms with van der Waals surface area (Å²) in [4.78, 5) is 1.52. The summed E-state index contributed by atoms with van der Waals surface area (Å²) in [5.74, 6) is 0. The molecule has 1 rings (SSSR count). The molecule has 0 spiro atoms. The minimum Gasteiger partial charge on any atom is -0.448 e. The van der Waals surface area contributed by atoms with Crippen molar-refractivity contribution in [2.45, 2.75) is 24.3 Å². The topological polar surface area (TPSA) is 3.24 Å². The fourth-order valence-electron chi connectivity index (χ4n) is 1.73. The zero-order valence-electron chi connectivity index (χ0n) is 8.84. The van der Waals surface area contributed by atoms with Crippen LogP contribution in [-0.4, -0.2) is 41.9 Å². The number of thioether (sulfide) groups is 1. The van der Waals surface area contributed by atoms with E-state index in [0.29, 0.717) is 23.6 Å². The second kappa shape index (κ2) is 6.52. The molecule has 0 aromatic heterocycles. The predicted molar refractivity (Wildman–Crippen MR) is 52.0 cm³/mol. The van der Waals surface area contributed by atoms with Crippen molar-refractivity contribution in [3.8, 4) is 0 Å². The molecule has 1 aliphatic heterocycles. The molecule has 0 amide bonds. The van der Waals surface area contributed by atoms with Crippen molar-refractivity contribution < 1.29 is 64.3 Å². The van der Waals surface area contributed by atoms with Crippen LogP contribution in [0.15, 0.2) is 0 Å².